The molecule has 1 saturated heterocycles. The number of rotatable bonds is 2. The van der Waals surface area contributed by atoms with Gasteiger partial charge in [0.15, 0.2) is 0 Å². The van der Waals surface area contributed by atoms with E-state index in [0.29, 0.717) is 11.5 Å². The second-order valence-corrected chi connectivity index (χ2v) is 8.27. The van der Waals surface area contributed by atoms with E-state index in [1.165, 1.54) is 49.8 Å². The van der Waals surface area contributed by atoms with E-state index < -0.39 is 0 Å². The number of carbonyl (C=O) groups excluding carboxylic acids is 1. The molecule has 3 aliphatic rings. The lowest BCUT2D eigenvalue weighted by molar-refractivity contribution is -0.116. The summed E-state index contributed by atoms with van der Waals surface area (Å²) in [4.78, 5) is 16.2. The summed E-state index contributed by atoms with van der Waals surface area (Å²) in [5.41, 5.74) is 4.17. The molecular formula is C21H30N2O2. The molecule has 0 radical (unpaired) electrons. The van der Waals surface area contributed by atoms with Crippen molar-refractivity contribution in [2.75, 3.05) is 32.6 Å². The fraction of sp³-hybridized carbons (Fsp3) is 0.667. The number of methoxy groups -OCH3 is 1. The first-order chi connectivity index (χ1) is 12.0. The number of anilines is 1. The third kappa shape index (κ3) is 2.41. The van der Waals surface area contributed by atoms with E-state index in [0.717, 1.165) is 23.8 Å². The summed E-state index contributed by atoms with van der Waals surface area (Å²) >= 11 is 0. The Labute approximate surface area is 151 Å². The third-order valence-electron chi connectivity index (χ3n) is 7.24. The highest BCUT2D eigenvalue weighted by Gasteiger charge is 2.53. The van der Waals surface area contributed by atoms with Gasteiger partial charge < -0.3 is 14.5 Å². The number of nitrogens with zero attached hydrogens (tertiary/aromatic N) is 2. The zero-order valence-electron chi connectivity index (χ0n) is 16.0. The normalized spacial score (nSPS) is 31.0. The number of likely N-dealkylation sites (tertiary alicyclic amines) is 1. The minimum absolute atomic E-state index is 0.0417. The van der Waals surface area contributed by atoms with Gasteiger partial charge in [-0.05, 0) is 68.5 Å². The maximum absolute atomic E-state index is 11.9. The summed E-state index contributed by atoms with van der Waals surface area (Å²) in [5, 5.41) is 0. The van der Waals surface area contributed by atoms with E-state index in [1.807, 2.05) is 7.05 Å². The minimum atomic E-state index is 0.0417. The average Bonchev–Trinajstić information content (AvgIpc) is 2.63. The molecule has 1 saturated carbocycles. The Balaban J connectivity index is 1.88. The van der Waals surface area contributed by atoms with Gasteiger partial charge in [-0.3, -0.25) is 4.79 Å². The smallest absolute Gasteiger partial charge is 0.223 e. The van der Waals surface area contributed by atoms with Crippen LogP contribution in [0.2, 0.25) is 0 Å². The number of ether oxygens (including phenoxy) is 1. The van der Waals surface area contributed by atoms with E-state index in [-0.39, 0.29) is 5.91 Å². The van der Waals surface area contributed by atoms with Gasteiger partial charge >= 0.3 is 0 Å². The van der Waals surface area contributed by atoms with Crippen molar-refractivity contribution < 1.29 is 9.53 Å². The molecule has 4 rings (SSSR count). The van der Waals surface area contributed by atoms with Crippen LogP contribution < -0.4 is 9.64 Å². The zero-order valence-corrected chi connectivity index (χ0v) is 16.0. The number of hydrogen-bond acceptors (Lipinski definition) is 3. The summed E-state index contributed by atoms with van der Waals surface area (Å²) in [6.07, 6.45) is 7.72. The first-order valence-corrected chi connectivity index (χ1v) is 9.64. The number of amides is 1. The molecule has 1 aliphatic heterocycles. The van der Waals surface area contributed by atoms with Crippen LogP contribution in [0.15, 0.2) is 12.1 Å². The fourth-order valence-corrected chi connectivity index (χ4v) is 5.82. The topological polar surface area (TPSA) is 32.8 Å². The standard InChI is InChI=1S/C21H30N2O2/c1-14(24)23(3)19-12-15-11-18-16-7-5-6-8-21(16,9-10-22(18)2)17(15)13-20(19)25-4/h12-13,16,18H,5-11H2,1-4H3/t16?,18-,21+/m0/s1. The lowest BCUT2D eigenvalue weighted by Gasteiger charge is -2.58. The van der Waals surface area contributed by atoms with E-state index in [4.69, 9.17) is 4.74 Å². The second-order valence-electron chi connectivity index (χ2n) is 8.27. The number of likely N-dealkylation sites (N-methyl/N-ethyl adjacent to an activating group) is 1. The summed E-state index contributed by atoms with van der Waals surface area (Å²) in [5.74, 6) is 1.65. The van der Waals surface area contributed by atoms with Crippen LogP contribution in [0.3, 0.4) is 0 Å². The van der Waals surface area contributed by atoms with Gasteiger partial charge in [-0.2, -0.15) is 0 Å². The molecule has 1 aromatic rings. The monoisotopic (exact) mass is 342 g/mol. The molecule has 1 unspecified atom stereocenters. The quantitative estimate of drug-likeness (QED) is 0.826. The van der Waals surface area contributed by atoms with Crippen LogP contribution in [0, 0.1) is 5.92 Å². The first kappa shape index (κ1) is 16.9. The molecule has 3 atom stereocenters. The summed E-state index contributed by atoms with van der Waals surface area (Å²) in [6, 6.07) is 5.14. The Bertz CT molecular complexity index is 701. The van der Waals surface area contributed by atoms with Crippen molar-refractivity contribution in [2.45, 2.75) is 56.9 Å². The molecule has 1 amide bonds. The SMILES string of the molecule is COc1cc2c(cc1N(C)C(C)=O)C[C@H]1C3CCCC[C@]23CCN1C. The largest absolute Gasteiger partial charge is 0.495 e. The van der Waals surface area contributed by atoms with Crippen LogP contribution in [0.4, 0.5) is 5.69 Å². The molecule has 1 heterocycles. The third-order valence-corrected chi connectivity index (χ3v) is 7.24. The highest BCUT2D eigenvalue weighted by atomic mass is 16.5. The molecule has 1 aromatic carbocycles. The first-order valence-electron chi connectivity index (χ1n) is 9.64. The molecule has 0 spiro atoms. The van der Waals surface area contributed by atoms with E-state index in [2.05, 4.69) is 24.1 Å². The van der Waals surface area contributed by atoms with Crippen LogP contribution in [-0.2, 0) is 16.6 Å². The fourth-order valence-electron chi connectivity index (χ4n) is 5.82. The Morgan fingerprint density at radius 1 is 1.32 bits per heavy atom. The Hall–Kier alpha value is -1.55. The second kappa shape index (κ2) is 6.01. The maximum atomic E-state index is 11.9. The molecule has 0 N–H and O–H groups in total. The van der Waals surface area contributed by atoms with Crippen molar-refractivity contribution in [3.8, 4) is 5.75 Å². The van der Waals surface area contributed by atoms with Crippen LogP contribution in [0.1, 0.15) is 50.2 Å². The molecule has 4 heteroatoms. The van der Waals surface area contributed by atoms with E-state index in [9.17, 15) is 4.79 Å². The van der Waals surface area contributed by atoms with Crippen molar-refractivity contribution >= 4 is 11.6 Å². The van der Waals surface area contributed by atoms with E-state index in [1.54, 1.807) is 18.9 Å². The molecule has 25 heavy (non-hydrogen) atoms. The number of carbonyl (C=O) groups is 1. The molecule has 136 valence electrons. The van der Waals surface area contributed by atoms with Crippen LogP contribution in [0.25, 0.3) is 0 Å². The summed E-state index contributed by atoms with van der Waals surface area (Å²) in [6.45, 7) is 2.80. The van der Waals surface area contributed by atoms with Crippen LogP contribution in [-0.4, -0.2) is 44.6 Å². The zero-order chi connectivity index (χ0) is 17.8. The molecule has 2 aliphatic carbocycles. The van der Waals surface area contributed by atoms with Crippen LogP contribution in [0.5, 0.6) is 5.75 Å². The highest BCUT2D eigenvalue weighted by Crippen LogP contribution is 2.56. The van der Waals surface area contributed by atoms with Gasteiger partial charge in [0.2, 0.25) is 5.91 Å². The van der Waals surface area contributed by atoms with E-state index >= 15 is 0 Å². The number of fused-ring (bicyclic) bond motifs is 1. The van der Waals surface area contributed by atoms with Crippen molar-refractivity contribution in [1.82, 2.24) is 4.90 Å². The lowest BCUT2D eigenvalue weighted by atomic mass is 9.52. The predicted molar refractivity (Wildman–Crippen MR) is 100 cm³/mol. The van der Waals surface area contributed by atoms with Crippen LogP contribution >= 0.6 is 0 Å². The highest BCUT2D eigenvalue weighted by molar-refractivity contribution is 5.93. The van der Waals surface area contributed by atoms with Gasteiger partial charge in [0.1, 0.15) is 5.75 Å². The number of hydrogen-bond donors (Lipinski definition) is 0. The summed E-state index contributed by atoms with van der Waals surface area (Å²) in [7, 11) is 5.85. The Morgan fingerprint density at radius 3 is 2.84 bits per heavy atom. The molecule has 0 aromatic heterocycles. The van der Waals surface area contributed by atoms with Gasteiger partial charge in [0.25, 0.3) is 0 Å². The van der Waals surface area contributed by atoms with Crippen molar-refractivity contribution in [2.24, 2.45) is 5.92 Å². The number of benzene rings is 1. The predicted octanol–water partition coefficient (Wildman–Crippen LogP) is 3.37. The molecule has 2 fully saturated rings. The van der Waals surface area contributed by atoms with Gasteiger partial charge in [-0.1, -0.05) is 12.8 Å². The van der Waals surface area contributed by atoms with Gasteiger partial charge in [0.05, 0.1) is 12.8 Å². The molecule has 2 bridgehead atoms. The Morgan fingerprint density at radius 2 is 2.12 bits per heavy atom. The van der Waals surface area contributed by atoms with Gasteiger partial charge in [-0.25, -0.2) is 0 Å². The van der Waals surface area contributed by atoms with Crippen molar-refractivity contribution in [1.29, 1.82) is 0 Å². The van der Waals surface area contributed by atoms with Gasteiger partial charge in [-0.15, -0.1) is 0 Å². The average molecular weight is 342 g/mol. The number of piperidine rings is 1. The van der Waals surface area contributed by atoms with Crippen molar-refractivity contribution in [3.63, 3.8) is 0 Å². The van der Waals surface area contributed by atoms with Crippen molar-refractivity contribution in [3.05, 3.63) is 23.3 Å². The molecule has 4 nitrogen and oxygen atoms in total. The molecular weight excluding hydrogens is 312 g/mol. The Kier molecular flexibility index (Phi) is 4.06. The minimum Gasteiger partial charge on any atom is -0.495 e. The maximum Gasteiger partial charge on any atom is 0.223 e. The van der Waals surface area contributed by atoms with Gasteiger partial charge in [0, 0.05) is 25.4 Å². The lowest BCUT2D eigenvalue weighted by Crippen LogP contribution is -2.59. The summed E-state index contributed by atoms with van der Waals surface area (Å²) < 4.78 is 5.71.